The smallest absolute Gasteiger partial charge is 0.0459 e. The normalized spacial score (nSPS) is 13.4. The van der Waals surface area contributed by atoms with Gasteiger partial charge in [0.2, 0.25) is 0 Å². The average molecular weight is 159 g/mol. The van der Waals surface area contributed by atoms with E-state index in [2.05, 4.69) is 12.2 Å². The van der Waals surface area contributed by atoms with Gasteiger partial charge in [-0.2, -0.15) is 0 Å². The van der Waals surface area contributed by atoms with Crippen LogP contribution < -0.4 is 5.32 Å². The number of aliphatic hydroxyl groups is 1. The summed E-state index contributed by atoms with van der Waals surface area (Å²) in [4.78, 5) is 0. The zero-order valence-electron chi connectivity index (χ0n) is 7.77. The molecular formula is C9H21NO. The average Bonchev–Trinajstić information content (AvgIpc) is 2.03. The highest BCUT2D eigenvalue weighted by atomic mass is 16.3. The van der Waals surface area contributed by atoms with E-state index in [1.807, 2.05) is 7.05 Å². The van der Waals surface area contributed by atoms with E-state index in [0.717, 1.165) is 13.0 Å². The minimum atomic E-state index is 0.359. The zero-order valence-corrected chi connectivity index (χ0v) is 7.77. The molecule has 2 heteroatoms. The monoisotopic (exact) mass is 159 g/mol. The topological polar surface area (TPSA) is 32.3 Å². The van der Waals surface area contributed by atoms with Crippen LogP contribution in [0.1, 0.15) is 32.6 Å². The Morgan fingerprint density at radius 1 is 1.36 bits per heavy atom. The second-order valence-corrected chi connectivity index (χ2v) is 3.08. The highest BCUT2D eigenvalue weighted by molar-refractivity contribution is 4.57. The molecule has 0 bridgehead atoms. The number of aliphatic hydroxyl groups excluding tert-OH is 1. The van der Waals surface area contributed by atoms with Crippen molar-refractivity contribution < 1.29 is 5.11 Å². The third-order valence-corrected chi connectivity index (χ3v) is 1.99. The van der Waals surface area contributed by atoms with E-state index in [1.165, 1.54) is 19.3 Å². The highest BCUT2D eigenvalue weighted by Gasteiger charge is 2.04. The molecule has 0 saturated carbocycles. The Bertz CT molecular complexity index is 76.0. The minimum Gasteiger partial charge on any atom is -0.396 e. The van der Waals surface area contributed by atoms with E-state index in [0.29, 0.717) is 12.5 Å². The SMILES string of the molecule is CCCC(CO)CCCNC. The molecule has 0 aliphatic rings. The van der Waals surface area contributed by atoms with Gasteiger partial charge in [0.1, 0.15) is 0 Å². The second-order valence-electron chi connectivity index (χ2n) is 3.08. The summed E-state index contributed by atoms with van der Waals surface area (Å²) in [6.07, 6.45) is 4.69. The fraction of sp³-hybridized carbons (Fsp3) is 1.00. The van der Waals surface area contributed by atoms with E-state index in [9.17, 15) is 0 Å². The molecule has 2 nitrogen and oxygen atoms in total. The van der Waals surface area contributed by atoms with Crippen LogP contribution in [0, 0.1) is 5.92 Å². The number of hydrogen-bond acceptors (Lipinski definition) is 2. The maximum Gasteiger partial charge on any atom is 0.0459 e. The van der Waals surface area contributed by atoms with Crippen molar-refractivity contribution in [2.45, 2.75) is 32.6 Å². The van der Waals surface area contributed by atoms with Gasteiger partial charge in [-0.05, 0) is 38.8 Å². The van der Waals surface area contributed by atoms with Crippen LogP contribution in [0.3, 0.4) is 0 Å². The molecule has 0 radical (unpaired) electrons. The molecule has 0 aromatic heterocycles. The highest BCUT2D eigenvalue weighted by Crippen LogP contribution is 2.11. The largest absolute Gasteiger partial charge is 0.396 e. The first-order valence-electron chi connectivity index (χ1n) is 4.60. The van der Waals surface area contributed by atoms with Crippen molar-refractivity contribution in [3.05, 3.63) is 0 Å². The zero-order chi connectivity index (χ0) is 8.53. The van der Waals surface area contributed by atoms with Gasteiger partial charge < -0.3 is 10.4 Å². The van der Waals surface area contributed by atoms with E-state index in [-0.39, 0.29) is 0 Å². The quantitative estimate of drug-likeness (QED) is 0.550. The van der Waals surface area contributed by atoms with Crippen LogP contribution in [0.25, 0.3) is 0 Å². The van der Waals surface area contributed by atoms with Crippen molar-refractivity contribution >= 4 is 0 Å². The summed E-state index contributed by atoms with van der Waals surface area (Å²) in [5, 5.41) is 12.0. The third-order valence-electron chi connectivity index (χ3n) is 1.99. The lowest BCUT2D eigenvalue weighted by molar-refractivity contribution is 0.207. The van der Waals surface area contributed by atoms with Crippen molar-refractivity contribution in [3.63, 3.8) is 0 Å². The summed E-state index contributed by atoms with van der Waals surface area (Å²) in [6, 6.07) is 0. The van der Waals surface area contributed by atoms with Crippen LogP contribution in [0.5, 0.6) is 0 Å². The van der Waals surface area contributed by atoms with Gasteiger partial charge in [0.25, 0.3) is 0 Å². The van der Waals surface area contributed by atoms with Crippen LogP contribution >= 0.6 is 0 Å². The first-order valence-corrected chi connectivity index (χ1v) is 4.60. The Labute approximate surface area is 70.0 Å². The van der Waals surface area contributed by atoms with Crippen molar-refractivity contribution in [3.8, 4) is 0 Å². The summed E-state index contributed by atoms with van der Waals surface area (Å²) >= 11 is 0. The molecule has 0 aromatic carbocycles. The molecule has 1 atom stereocenters. The Morgan fingerprint density at radius 2 is 2.09 bits per heavy atom. The number of hydrogen-bond donors (Lipinski definition) is 2. The standard InChI is InChI=1S/C9H21NO/c1-3-5-9(8-11)6-4-7-10-2/h9-11H,3-8H2,1-2H3. The van der Waals surface area contributed by atoms with Crippen LogP contribution in [0.4, 0.5) is 0 Å². The molecule has 0 amide bonds. The van der Waals surface area contributed by atoms with Crippen LogP contribution in [0.15, 0.2) is 0 Å². The summed E-state index contributed by atoms with van der Waals surface area (Å²) in [7, 11) is 1.97. The van der Waals surface area contributed by atoms with Crippen molar-refractivity contribution in [1.29, 1.82) is 0 Å². The van der Waals surface area contributed by atoms with Gasteiger partial charge >= 0.3 is 0 Å². The molecule has 0 aliphatic carbocycles. The van der Waals surface area contributed by atoms with E-state index < -0.39 is 0 Å². The number of rotatable bonds is 7. The van der Waals surface area contributed by atoms with Gasteiger partial charge in [0.05, 0.1) is 0 Å². The van der Waals surface area contributed by atoms with Crippen LogP contribution in [0.2, 0.25) is 0 Å². The fourth-order valence-corrected chi connectivity index (χ4v) is 1.30. The second kappa shape index (κ2) is 8.02. The summed E-state index contributed by atoms with van der Waals surface area (Å²) in [5.41, 5.74) is 0. The summed E-state index contributed by atoms with van der Waals surface area (Å²) < 4.78 is 0. The van der Waals surface area contributed by atoms with Crippen molar-refractivity contribution in [2.75, 3.05) is 20.2 Å². The number of nitrogens with one attached hydrogen (secondary N) is 1. The van der Waals surface area contributed by atoms with Gasteiger partial charge in [0.15, 0.2) is 0 Å². The first-order chi connectivity index (χ1) is 5.35. The molecule has 0 rings (SSSR count). The molecule has 0 spiro atoms. The molecule has 0 heterocycles. The van der Waals surface area contributed by atoms with Crippen molar-refractivity contribution in [2.24, 2.45) is 5.92 Å². The van der Waals surface area contributed by atoms with Crippen molar-refractivity contribution in [1.82, 2.24) is 5.32 Å². The summed E-state index contributed by atoms with van der Waals surface area (Å²) in [6.45, 7) is 3.60. The molecule has 0 fully saturated rings. The van der Waals surface area contributed by atoms with E-state index >= 15 is 0 Å². The predicted molar refractivity (Wildman–Crippen MR) is 48.6 cm³/mol. The van der Waals surface area contributed by atoms with Crippen LogP contribution in [-0.4, -0.2) is 25.3 Å². The Kier molecular flexibility index (Phi) is 7.96. The van der Waals surface area contributed by atoms with Gasteiger partial charge in [-0.25, -0.2) is 0 Å². The van der Waals surface area contributed by atoms with Crippen LogP contribution in [-0.2, 0) is 0 Å². The van der Waals surface area contributed by atoms with Gasteiger partial charge in [-0.3, -0.25) is 0 Å². The lowest BCUT2D eigenvalue weighted by atomic mass is 9.99. The van der Waals surface area contributed by atoms with Gasteiger partial charge in [-0.1, -0.05) is 13.3 Å². The molecule has 68 valence electrons. The molecule has 0 aliphatic heterocycles. The van der Waals surface area contributed by atoms with Gasteiger partial charge in [0, 0.05) is 6.61 Å². The Balaban J connectivity index is 3.20. The Morgan fingerprint density at radius 3 is 2.55 bits per heavy atom. The van der Waals surface area contributed by atoms with Gasteiger partial charge in [-0.15, -0.1) is 0 Å². The summed E-state index contributed by atoms with van der Waals surface area (Å²) in [5.74, 6) is 0.536. The molecule has 1 unspecified atom stereocenters. The minimum absolute atomic E-state index is 0.359. The Hall–Kier alpha value is -0.0800. The molecule has 0 saturated heterocycles. The van der Waals surface area contributed by atoms with E-state index in [4.69, 9.17) is 5.11 Å². The first kappa shape index (κ1) is 10.9. The lowest BCUT2D eigenvalue weighted by Crippen LogP contribution is -2.12. The molecule has 2 N–H and O–H groups in total. The molecule has 0 aromatic rings. The molecule has 11 heavy (non-hydrogen) atoms. The fourth-order valence-electron chi connectivity index (χ4n) is 1.30. The maximum absolute atomic E-state index is 8.94. The third kappa shape index (κ3) is 6.32. The maximum atomic E-state index is 8.94. The molecular weight excluding hydrogens is 138 g/mol. The predicted octanol–water partition coefficient (Wildman–Crippen LogP) is 1.39. The van der Waals surface area contributed by atoms with E-state index in [1.54, 1.807) is 0 Å². The lowest BCUT2D eigenvalue weighted by Gasteiger charge is -2.11.